The van der Waals surface area contributed by atoms with Crippen LogP contribution in [-0.4, -0.2) is 15.3 Å². The molecule has 0 bridgehead atoms. The van der Waals surface area contributed by atoms with Crippen molar-refractivity contribution < 1.29 is 4.79 Å². The average Bonchev–Trinajstić information content (AvgIpc) is 2.90. The first-order valence-corrected chi connectivity index (χ1v) is 8.83. The summed E-state index contributed by atoms with van der Waals surface area (Å²) in [6.45, 7) is 5.86. The summed E-state index contributed by atoms with van der Waals surface area (Å²) in [5, 5.41) is 3.58. The Labute approximate surface area is 154 Å². The minimum atomic E-state index is -0.192. The van der Waals surface area contributed by atoms with E-state index < -0.39 is 0 Å². The third-order valence-corrected chi connectivity index (χ3v) is 4.94. The summed E-state index contributed by atoms with van der Waals surface area (Å²) in [5.41, 5.74) is 4.65. The van der Waals surface area contributed by atoms with Crippen molar-refractivity contribution in [3.05, 3.63) is 62.5 Å². The predicted molar refractivity (Wildman–Crippen MR) is 101 cm³/mol. The number of hydrogen-bond acceptors (Lipinski definition) is 2. The van der Waals surface area contributed by atoms with Crippen molar-refractivity contribution in [1.82, 2.24) is 9.38 Å². The monoisotopic (exact) mass is 405 g/mol. The lowest BCUT2D eigenvalue weighted by molar-refractivity contribution is 0.102. The van der Waals surface area contributed by atoms with E-state index in [1.54, 1.807) is 6.07 Å². The fourth-order valence-corrected chi connectivity index (χ4v) is 3.51. The summed E-state index contributed by atoms with van der Waals surface area (Å²) in [5.74, 6) is -0.192. The van der Waals surface area contributed by atoms with Gasteiger partial charge in [-0.05, 0) is 65.5 Å². The van der Waals surface area contributed by atoms with Gasteiger partial charge in [0.1, 0.15) is 5.69 Å². The Bertz CT molecular complexity index is 949. The lowest BCUT2D eigenvalue weighted by Crippen LogP contribution is -2.17. The van der Waals surface area contributed by atoms with Crippen LogP contribution in [0.5, 0.6) is 0 Å². The molecule has 1 N–H and O–H groups in total. The number of aryl methyl sites for hydroxylation is 2. The van der Waals surface area contributed by atoms with Crippen molar-refractivity contribution in [3.8, 4) is 0 Å². The normalized spacial score (nSPS) is 11.0. The number of fused-ring (bicyclic) bond motifs is 1. The minimum absolute atomic E-state index is 0.192. The maximum Gasteiger partial charge on any atom is 0.274 e. The number of amides is 1. The lowest BCUT2D eigenvalue weighted by Gasteiger charge is -2.10. The summed E-state index contributed by atoms with van der Waals surface area (Å²) in [6, 6.07) is 7.46. The van der Waals surface area contributed by atoms with Crippen LogP contribution >= 0.6 is 27.5 Å². The maximum atomic E-state index is 12.9. The topological polar surface area (TPSA) is 46.4 Å². The van der Waals surface area contributed by atoms with Crippen LogP contribution in [0.3, 0.4) is 0 Å². The highest BCUT2D eigenvalue weighted by Gasteiger charge is 2.20. The number of halogens is 2. The molecule has 0 spiro atoms. The van der Waals surface area contributed by atoms with E-state index in [4.69, 9.17) is 11.6 Å². The smallest absolute Gasteiger partial charge is 0.274 e. The van der Waals surface area contributed by atoms with E-state index in [1.165, 1.54) is 0 Å². The zero-order valence-corrected chi connectivity index (χ0v) is 16.0. The summed E-state index contributed by atoms with van der Waals surface area (Å²) < 4.78 is 2.71. The van der Waals surface area contributed by atoms with E-state index in [-0.39, 0.29) is 5.91 Å². The number of anilines is 1. The van der Waals surface area contributed by atoms with E-state index in [1.807, 2.05) is 49.6 Å². The fourth-order valence-electron chi connectivity index (χ4n) is 2.69. The first-order valence-electron chi connectivity index (χ1n) is 7.66. The largest absolute Gasteiger partial charge is 0.320 e. The molecule has 6 heteroatoms. The Morgan fingerprint density at radius 3 is 2.83 bits per heavy atom. The van der Waals surface area contributed by atoms with Crippen LogP contribution in [0.4, 0.5) is 5.69 Å². The molecule has 3 rings (SSSR count). The Morgan fingerprint density at radius 1 is 1.38 bits per heavy atom. The zero-order chi connectivity index (χ0) is 17.4. The molecule has 0 saturated heterocycles. The molecule has 0 unspecified atom stereocenters. The Hall–Kier alpha value is -1.85. The van der Waals surface area contributed by atoms with Crippen LogP contribution in [0.2, 0.25) is 5.02 Å². The number of nitrogens with one attached hydrogen (secondary N) is 1. The molecule has 1 aromatic carbocycles. The Kier molecular flexibility index (Phi) is 4.65. The summed E-state index contributed by atoms with van der Waals surface area (Å²) in [7, 11) is 0. The van der Waals surface area contributed by atoms with Gasteiger partial charge in [-0.25, -0.2) is 4.98 Å². The fraction of sp³-hybridized carbons (Fsp3) is 0.222. The number of imidazole rings is 1. The molecule has 0 saturated carbocycles. The molecule has 2 heterocycles. The van der Waals surface area contributed by atoms with Gasteiger partial charge in [0, 0.05) is 16.9 Å². The number of pyridine rings is 1. The molecule has 0 fully saturated rings. The number of benzene rings is 1. The SMILES string of the molecule is CCc1nc2c(Br)cc(C)cn2c1C(=O)Nc1cccc(Cl)c1C. The van der Waals surface area contributed by atoms with Gasteiger partial charge in [-0.3, -0.25) is 9.20 Å². The van der Waals surface area contributed by atoms with Crippen molar-refractivity contribution >= 4 is 44.8 Å². The molecule has 1 amide bonds. The summed E-state index contributed by atoms with van der Waals surface area (Å²) >= 11 is 9.67. The third-order valence-electron chi connectivity index (χ3n) is 3.95. The molecule has 0 aliphatic rings. The first kappa shape index (κ1) is 17.0. The van der Waals surface area contributed by atoms with Crippen molar-refractivity contribution in [2.45, 2.75) is 27.2 Å². The van der Waals surface area contributed by atoms with Gasteiger partial charge >= 0.3 is 0 Å². The van der Waals surface area contributed by atoms with Crippen LogP contribution in [0.1, 0.15) is 34.2 Å². The van der Waals surface area contributed by atoms with Crippen molar-refractivity contribution in [2.75, 3.05) is 5.32 Å². The zero-order valence-electron chi connectivity index (χ0n) is 13.7. The third kappa shape index (κ3) is 2.94. The lowest BCUT2D eigenvalue weighted by atomic mass is 10.2. The summed E-state index contributed by atoms with van der Waals surface area (Å²) in [4.78, 5) is 17.5. The number of rotatable bonds is 3. The number of carbonyl (C=O) groups is 1. The van der Waals surface area contributed by atoms with E-state index in [9.17, 15) is 4.79 Å². The van der Waals surface area contributed by atoms with Gasteiger partial charge in [-0.2, -0.15) is 0 Å². The Morgan fingerprint density at radius 2 is 2.12 bits per heavy atom. The standard InChI is InChI=1S/C18H17BrClN3O/c1-4-14-16(23-9-10(2)8-12(19)17(23)21-14)18(24)22-15-7-5-6-13(20)11(15)3/h5-9H,4H2,1-3H3,(H,22,24). The maximum absolute atomic E-state index is 12.9. The molecular formula is C18H17BrClN3O. The van der Waals surface area contributed by atoms with Gasteiger partial charge in [0.25, 0.3) is 5.91 Å². The quantitative estimate of drug-likeness (QED) is 0.651. The first-order chi connectivity index (χ1) is 11.4. The molecule has 3 aromatic rings. The van der Waals surface area contributed by atoms with E-state index in [0.717, 1.165) is 26.9 Å². The molecular weight excluding hydrogens is 390 g/mol. The van der Waals surface area contributed by atoms with Gasteiger partial charge in [0.2, 0.25) is 0 Å². The number of aromatic nitrogens is 2. The highest BCUT2D eigenvalue weighted by atomic mass is 79.9. The molecule has 4 nitrogen and oxygen atoms in total. The van der Waals surface area contributed by atoms with Crippen LogP contribution in [0, 0.1) is 13.8 Å². The van der Waals surface area contributed by atoms with E-state index in [0.29, 0.717) is 22.8 Å². The van der Waals surface area contributed by atoms with Gasteiger partial charge in [0.15, 0.2) is 5.65 Å². The minimum Gasteiger partial charge on any atom is -0.320 e. The van der Waals surface area contributed by atoms with Crippen LogP contribution < -0.4 is 5.32 Å². The van der Waals surface area contributed by atoms with E-state index in [2.05, 4.69) is 26.2 Å². The average molecular weight is 407 g/mol. The number of carbonyl (C=O) groups excluding carboxylic acids is 1. The molecule has 0 radical (unpaired) electrons. The van der Waals surface area contributed by atoms with Crippen LogP contribution in [-0.2, 0) is 6.42 Å². The molecule has 0 aliphatic carbocycles. The van der Waals surface area contributed by atoms with Gasteiger partial charge in [-0.1, -0.05) is 24.6 Å². The molecule has 0 aliphatic heterocycles. The number of hydrogen-bond donors (Lipinski definition) is 1. The van der Waals surface area contributed by atoms with Crippen molar-refractivity contribution in [3.63, 3.8) is 0 Å². The van der Waals surface area contributed by atoms with E-state index >= 15 is 0 Å². The van der Waals surface area contributed by atoms with Crippen LogP contribution in [0.15, 0.2) is 34.9 Å². The molecule has 2 aromatic heterocycles. The second kappa shape index (κ2) is 6.57. The second-order valence-electron chi connectivity index (χ2n) is 5.69. The molecule has 24 heavy (non-hydrogen) atoms. The van der Waals surface area contributed by atoms with Gasteiger partial charge in [0.05, 0.1) is 10.2 Å². The highest BCUT2D eigenvalue weighted by molar-refractivity contribution is 9.10. The van der Waals surface area contributed by atoms with Crippen molar-refractivity contribution in [2.24, 2.45) is 0 Å². The molecule has 124 valence electrons. The van der Waals surface area contributed by atoms with Crippen LogP contribution in [0.25, 0.3) is 5.65 Å². The highest BCUT2D eigenvalue weighted by Crippen LogP contribution is 2.26. The van der Waals surface area contributed by atoms with Gasteiger partial charge in [-0.15, -0.1) is 0 Å². The second-order valence-corrected chi connectivity index (χ2v) is 6.95. The number of nitrogens with zero attached hydrogens (tertiary/aromatic N) is 2. The Balaban J connectivity index is 2.11. The summed E-state index contributed by atoms with van der Waals surface area (Å²) in [6.07, 6.45) is 2.59. The molecule has 0 atom stereocenters. The predicted octanol–water partition coefficient (Wildman–Crippen LogP) is 5.18. The van der Waals surface area contributed by atoms with Crippen molar-refractivity contribution in [1.29, 1.82) is 0 Å². The van der Waals surface area contributed by atoms with Gasteiger partial charge < -0.3 is 5.32 Å².